The molecule has 98 valence electrons. The van der Waals surface area contributed by atoms with Crippen molar-refractivity contribution in [2.45, 2.75) is 43.9 Å². The summed E-state index contributed by atoms with van der Waals surface area (Å²) in [5.41, 5.74) is 6.66. The molecule has 3 unspecified atom stereocenters. The van der Waals surface area contributed by atoms with Gasteiger partial charge in [0.1, 0.15) is 5.82 Å². The lowest BCUT2D eigenvalue weighted by atomic mass is 9.84. The van der Waals surface area contributed by atoms with E-state index in [1.807, 2.05) is 12.1 Å². The Bertz CT molecular complexity index is 423. The number of nitrogens with two attached hydrogens (primary N) is 1. The molecule has 2 fully saturated rings. The van der Waals surface area contributed by atoms with E-state index in [0.717, 1.165) is 18.4 Å². The highest BCUT2D eigenvalue weighted by atomic mass is 16.3. The number of nitrogen functional groups attached to an aromatic ring is 1. The summed E-state index contributed by atoms with van der Waals surface area (Å²) in [5, 5.41) is 10.5. The number of aliphatic hydroxyl groups excluding tert-OH is 1. The topological polar surface area (TPSA) is 62.4 Å². The fourth-order valence-electron chi connectivity index (χ4n) is 3.65. The summed E-state index contributed by atoms with van der Waals surface area (Å²) in [4.78, 5) is 6.55. The summed E-state index contributed by atoms with van der Waals surface area (Å²) in [7, 11) is 2.21. The van der Waals surface area contributed by atoms with Crippen molar-refractivity contribution < 1.29 is 5.11 Å². The van der Waals surface area contributed by atoms with Gasteiger partial charge in [0.25, 0.3) is 0 Å². The number of rotatable bonds is 2. The molecule has 2 bridgehead atoms. The van der Waals surface area contributed by atoms with Crippen molar-refractivity contribution in [3.8, 4) is 0 Å². The molecule has 2 saturated heterocycles. The third-order valence-corrected chi connectivity index (χ3v) is 4.77. The van der Waals surface area contributed by atoms with Crippen LogP contribution in [0.3, 0.4) is 0 Å². The second-order valence-corrected chi connectivity index (χ2v) is 5.70. The van der Waals surface area contributed by atoms with E-state index >= 15 is 0 Å². The minimum Gasteiger partial charge on any atom is -0.388 e. The molecule has 0 aliphatic carbocycles. The standard InChI is InChI=1S/C14H21N3O/c1-17-10-4-5-11(17)8-9(7-10)13(18)12-3-2-6-16-14(12)15/h2-3,6,9-11,13,18H,4-5,7-8H2,1H3,(H2,15,16). The van der Waals surface area contributed by atoms with Crippen molar-refractivity contribution in [1.29, 1.82) is 0 Å². The first-order valence-electron chi connectivity index (χ1n) is 6.77. The van der Waals surface area contributed by atoms with Crippen molar-refractivity contribution in [3.05, 3.63) is 23.9 Å². The smallest absolute Gasteiger partial charge is 0.129 e. The molecule has 0 radical (unpaired) electrons. The van der Waals surface area contributed by atoms with Gasteiger partial charge < -0.3 is 15.7 Å². The van der Waals surface area contributed by atoms with Gasteiger partial charge in [0, 0.05) is 23.8 Å². The quantitative estimate of drug-likeness (QED) is 0.832. The molecule has 4 heteroatoms. The maximum atomic E-state index is 10.5. The van der Waals surface area contributed by atoms with Gasteiger partial charge in [-0.15, -0.1) is 0 Å². The van der Waals surface area contributed by atoms with Crippen LogP contribution in [0.25, 0.3) is 0 Å². The van der Waals surface area contributed by atoms with E-state index in [-0.39, 0.29) is 0 Å². The summed E-state index contributed by atoms with van der Waals surface area (Å²) in [5.74, 6) is 0.793. The molecular weight excluding hydrogens is 226 g/mol. The summed E-state index contributed by atoms with van der Waals surface area (Å²) in [6.45, 7) is 0. The molecule has 0 amide bonds. The van der Waals surface area contributed by atoms with Crippen LogP contribution in [-0.4, -0.2) is 34.1 Å². The SMILES string of the molecule is CN1C2CCC1CC(C(O)c1cccnc1N)C2. The van der Waals surface area contributed by atoms with Crippen LogP contribution < -0.4 is 5.73 Å². The summed E-state index contributed by atoms with van der Waals surface area (Å²) in [6, 6.07) is 5.02. The van der Waals surface area contributed by atoms with Gasteiger partial charge in [0.2, 0.25) is 0 Å². The number of pyridine rings is 1. The van der Waals surface area contributed by atoms with Gasteiger partial charge in [-0.25, -0.2) is 4.98 Å². The molecule has 3 atom stereocenters. The zero-order chi connectivity index (χ0) is 12.7. The number of hydrogen-bond acceptors (Lipinski definition) is 4. The molecule has 2 aliphatic rings. The average Bonchev–Trinajstić information content (AvgIpc) is 2.61. The van der Waals surface area contributed by atoms with E-state index in [1.54, 1.807) is 6.20 Å². The van der Waals surface area contributed by atoms with Crippen molar-refractivity contribution in [2.75, 3.05) is 12.8 Å². The van der Waals surface area contributed by atoms with Crippen LogP contribution in [0.5, 0.6) is 0 Å². The Morgan fingerprint density at radius 3 is 2.67 bits per heavy atom. The molecule has 3 rings (SSSR count). The normalized spacial score (nSPS) is 33.6. The van der Waals surface area contributed by atoms with Crippen LogP contribution in [0.1, 0.15) is 37.4 Å². The fourth-order valence-corrected chi connectivity index (χ4v) is 3.65. The third-order valence-electron chi connectivity index (χ3n) is 4.77. The highest BCUT2D eigenvalue weighted by Gasteiger charge is 2.41. The van der Waals surface area contributed by atoms with Gasteiger partial charge in [-0.05, 0) is 44.7 Å². The average molecular weight is 247 g/mol. The first kappa shape index (κ1) is 11.9. The second kappa shape index (κ2) is 4.52. The lowest BCUT2D eigenvalue weighted by molar-refractivity contribution is 0.0359. The number of piperidine rings is 1. The number of fused-ring (bicyclic) bond motifs is 2. The summed E-state index contributed by atoms with van der Waals surface area (Å²) in [6.07, 6.45) is 5.89. The minimum absolute atomic E-state index is 0.324. The molecule has 0 spiro atoms. The number of hydrogen-bond donors (Lipinski definition) is 2. The second-order valence-electron chi connectivity index (χ2n) is 5.70. The van der Waals surface area contributed by atoms with Crippen molar-refractivity contribution in [2.24, 2.45) is 5.92 Å². The molecule has 1 aromatic rings. The molecule has 0 aromatic carbocycles. The summed E-state index contributed by atoms with van der Waals surface area (Å²) < 4.78 is 0. The van der Waals surface area contributed by atoms with Crippen LogP contribution in [0.2, 0.25) is 0 Å². The highest BCUT2D eigenvalue weighted by Crippen LogP contribution is 2.42. The molecular formula is C14H21N3O. The maximum Gasteiger partial charge on any atom is 0.129 e. The predicted octanol–water partition coefficient (Wildman–Crippen LogP) is 1.57. The highest BCUT2D eigenvalue weighted by molar-refractivity contribution is 5.40. The van der Waals surface area contributed by atoms with Crippen molar-refractivity contribution >= 4 is 5.82 Å². The Labute approximate surface area is 108 Å². The fraction of sp³-hybridized carbons (Fsp3) is 0.643. The van der Waals surface area contributed by atoms with Crippen LogP contribution in [-0.2, 0) is 0 Å². The molecule has 3 N–H and O–H groups in total. The van der Waals surface area contributed by atoms with E-state index in [0.29, 0.717) is 23.8 Å². The van der Waals surface area contributed by atoms with Gasteiger partial charge in [-0.2, -0.15) is 0 Å². The number of nitrogens with zero attached hydrogens (tertiary/aromatic N) is 2. The molecule has 0 saturated carbocycles. The minimum atomic E-state index is -0.463. The van der Waals surface area contributed by atoms with Gasteiger partial charge in [0.15, 0.2) is 0 Å². The Balaban J connectivity index is 1.78. The van der Waals surface area contributed by atoms with Crippen LogP contribution in [0.15, 0.2) is 18.3 Å². The Morgan fingerprint density at radius 2 is 2.06 bits per heavy atom. The molecule has 3 heterocycles. The van der Waals surface area contributed by atoms with Crippen LogP contribution in [0.4, 0.5) is 5.82 Å². The first-order chi connectivity index (χ1) is 8.66. The molecule has 4 nitrogen and oxygen atoms in total. The molecule has 1 aromatic heterocycles. The first-order valence-corrected chi connectivity index (χ1v) is 6.77. The number of aliphatic hydroxyl groups is 1. The monoisotopic (exact) mass is 247 g/mol. The van der Waals surface area contributed by atoms with E-state index in [9.17, 15) is 5.11 Å². The predicted molar refractivity (Wildman–Crippen MR) is 70.9 cm³/mol. The third kappa shape index (κ3) is 1.89. The van der Waals surface area contributed by atoms with E-state index in [2.05, 4.69) is 16.9 Å². The van der Waals surface area contributed by atoms with Gasteiger partial charge in [0.05, 0.1) is 6.10 Å². The Kier molecular flexibility index (Phi) is 2.99. The van der Waals surface area contributed by atoms with Crippen LogP contribution in [0, 0.1) is 5.92 Å². The van der Waals surface area contributed by atoms with Gasteiger partial charge in [-0.1, -0.05) is 6.07 Å². The van der Waals surface area contributed by atoms with Crippen molar-refractivity contribution in [3.63, 3.8) is 0 Å². The zero-order valence-electron chi connectivity index (χ0n) is 10.8. The van der Waals surface area contributed by atoms with E-state index in [1.165, 1.54) is 12.8 Å². The van der Waals surface area contributed by atoms with Gasteiger partial charge in [-0.3, -0.25) is 0 Å². The van der Waals surface area contributed by atoms with E-state index < -0.39 is 6.10 Å². The lowest BCUT2D eigenvalue weighted by Gasteiger charge is -2.38. The number of anilines is 1. The zero-order valence-corrected chi connectivity index (χ0v) is 10.8. The molecule has 2 aliphatic heterocycles. The van der Waals surface area contributed by atoms with Gasteiger partial charge >= 0.3 is 0 Å². The van der Waals surface area contributed by atoms with Crippen LogP contribution >= 0.6 is 0 Å². The molecule has 18 heavy (non-hydrogen) atoms. The Morgan fingerprint density at radius 1 is 1.39 bits per heavy atom. The van der Waals surface area contributed by atoms with E-state index in [4.69, 9.17) is 5.73 Å². The maximum absolute atomic E-state index is 10.5. The van der Waals surface area contributed by atoms with Crippen molar-refractivity contribution in [1.82, 2.24) is 9.88 Å². The summed E-state index contributed by atoms with van der Waals surface area (Å²) >= 11 is 0. The lowest BCUT2D eigenvalue weighted by Crippen LogP contribution is -2.41. The Hall–Kier alpha value is -1.13. The number of aromatic nitrogens is 1. The largest absolute Gasteiger partial charge is 0.388 e.